The molecule has 1 aromatic heterocycles. The first kappa shape index (κ1) is 18.1. The van der Waals surface area contributed by atoms with E-state index in [1.807, 2.05) is 48.9 Å². The minimum absolute atomic E-state index is 0.282. The van der Waals surface area contributed by atoms with E-state index in [-0.39, 0.29) is 12.5 Å². The van der Waals surface area contributed by atoms with Crippen LogP contribution < -0.4 is 5.32 Å². The molecule has 0 bridgehead atoms. The molecule has 0 radical (unpaired) electrons. The number of benzene rings is 2. The van der Waals surface area contributed by atoms with E-state index in [0.29, 0.717) is 18.5 Å². The van der Waals surface area contributed by atoms with Crippen LogP contribution in [0.15, 0.2) is 59.6 Å². The molecule has 6 heteroatoms. The van der Waals surface area contributed by atoms with Gasteiger partial charge in [-0.15, -0.1) is 11.8 Å². The lowest BCUT2D eigenvalue weighted by molar-refractivity contribution is -0.124. The Morgan fingerprint density at radius 1 is 1.12 bits per heavy atom. The maximum absolute atomic E-state index is 12.1. The molecule has 0 spiro atoms. The van der Waals surface area contributed by atoms with Gasteiger partial charge in [0.1, 0.15) is 0 Å². The summed E-state index contributed by atoms with van der Waals surface area (Å²) in [6.45, 7) is 0.203. The van der Waals surface area contributed by atoms with Gasteiger partial charge in [0, 0.05) is 28.5 Å². The van der Waals surface area contributed by atoms with E-state index in [9.17, 15) is 9.59 Å². The maximum Gasteiger partial charge on any atom is 0.339 e. The van der Waals surface area contributed by atoms with E-state index in [1.165, 1.54) is 11.8 Å². The van der Waals surface area contributed by atoms with Crippen LogP contribution in [0.4, 0.5) is 0 Å². The number of para-hydroxylation sites is 1. The molecule has 5 nitrogen and oxygen atoms in total. The number of rotatable bonds is 7. The highest BCUT2D eigenvalue weighted by atomic mass is 32.2. The molecular formula is C20H20N2O3S. The fourth-order valence-corrected chi connectivity index (χ4v) is 3.33. The molecule has 3 aromatic rings. The van der Waals surface area contributed by atoms with Gasteiger partial charge < -0.3 is 15.0 Å². The fraction of sp³-hybridized carbons (Fsp3) is 0.200. The molecule has 0 atom stereocenters. The summed E-state index contributed by atoms with van der Waals surface area (Å²) < 4.78 is 5.12. The Bertz CT molecular complexity index is 920. The monoisotopic (exact) mass is 368 g/mol. The Morgan fingerprint density at radius 2 is 1.88 bits per heavy atom. The first-order valence-electron chi connectivity index (χ1n) is 8.31. The van der Waals surface area contributed by atoms with Crippen molar-refractivity contribution in [1.29, 1.82) is 0 Å². The molecule has 2 aromatic carbocycles. The molecule has 1 heterocycles. The van der Waals surface area contributed by atoms with Gasteiger partial charge >= 0.3 is 5.97 Å². The summed E-state index contributed by atoms with van der Waals surface area (Å²) in [5, 5.41) is 3.94. The number of H-pyrrole nitrogens is 1. The van der Waals surface area contributed by atoms with E-state index in [1.54, 1.807) is 12.1 Å². The van der Waals surface area contributed by atoms with E-state index in [2.05, 4.69) is 10.3 Å². The van der Waals surface area contributed by atoms with Crippen molar-refractivity contribution >= 4 is 34.5 Å². The van der Waals surface area contributed by atoms with Crippen molar-refractivity contribution in [2.24, 2.45) is 0 Å². The van der Waals surface area contributed by atoms with Gasteiger partial charge in [0.15, 0.2) is 6.61 Å². The number of hydrogen-bond acceptors (Lipinski definition) is 4. The molecule has 0 aliphatic rings. The Labute approximate surface area is 156 Å². The summed E-state index contributed by atoms with van der Waals surface area (Å²) >= 11 is 1.47. The fourth-order valence-electron chi connectivity index (χ4n) is 2.75. The van der Waals surface area contributed by atoms with E-state index in [0.717, 1.165) is 21.4 Å². The first-order valence-corrected chi connectivity index (χ1v) is 9.53. The number of ether oxygens (including phenoxy) is 1. The molecule has 0 unspecified atom stereocenters. The lowest BCUT2D eigenvalue weighted by atomic mass is 10.1. The molecule has 26 heavy (non-hydrogen) atoms. The van der Waals surface area contributed by atoms with Gasteiger partial charge in [-0.3, -0.25) is 4.79 Å². The zero-order valence-corrected chi connectivity index (χ0v) is 15.3. The summed E-state index contributed by atoms with van der Waals surface area (Å²) in [5.41, 5.74) is 2.70. The molecule has 0 fully saturated rings. The minimum atomic E-state index is -0.485. The Balaban J connectivity index is 1.46. The van der Waals surface area contributed by atoms with Crippen molar-refractivity contribution in [3.05, 3.63) is 65.9 Å². The predicted octanol–water partition coefficient (Wildman–Crippen LogP) is 3.41. The molecule has 134 valence electrons. The number of esters is 1. The van der Waals surface area contributed by atoms with Crippen molar-refractivity contribution < 1.29 is 14.3 Å². The van der Waals surface area contributed by atoms with Crippen molar-refractivity contribution in [3.8, 4) is 0 Å². The van der Waals surface area contributed by atoms with E-state index < -0.39 is 5.97 Å². The summed E-state index contributed by atoms with van der Waals surface area (Å²) in [6, 6.07) is 15.2. The number of carbonyl (C=O) groups excluding carboxylic acids is 2. The SMILES string of the molecule is CSc1ccccc1C(=O)OCC(=O)NCCc1c[nH]c2ccccc12. The third-order valence-corrected chi connectivity index (χ3v) is 4.85. The van der Waals surface area contributed by atoms with Crippen molar-refractivity contribution in [2.45, 2.75) is 11.3 Å². The topological polar surface area (TPSA) is 71.2 Å². The summed E-state index contributed by atoms with van der Waals surface area (Å²) in [5.74, 6) is -0.790. The van der Waals surface area contributed by atoms with Gasteiger partial charge in [0.2, 0.25) is 0 Å². The third-order valence-electron chi connectivity index (χ3n) is 4.05. The molecule has 0 saturated carbocycles. The number of carbonyl (C=O) groups is 2. The van der Waals surface area contributed by atoms with E-state index >= 15 is 0 Å². The molecule has 1 amide bonds. The number of nitrogens with one attached hydrogen (secondary N) is 2. The van der Waals surface area contributed by atoms with Crippen LogP contribution in [0.3, 0.4) is 0 Å². The second kappa shape index (κ2) is 8.58. The van der Waals surface area contributed by atoms with Crippen LogP contribution in [0.5, 0.6) is 0 Å². The van der Waals surface area contributed by atoms with Crippen molar-refractivity contribution in [1.82, 2.24) is 10.3 Å². The zero-order valence-electron chi connectivity index (χ0n) is 14.5. The highest BCUT2D eigenvalue weighted by Crippen LogP contribution is 2.20. The van der Waals surface area contributed by atoms with Crippen LogP contribution in [-0.4, -0.2) is 36.3 Å². The van der Waals surface area contributed by atoms with Gasteiger partial charge in [-0.2, -0.15) is 0 Å². The van der Waals surface area contributed by atoms with Crippen molar-refractivity contribution in [2.75, 3.05) is 19.4 Å². The minimum Gasteiger partial charge on any atom is -0.452 e. The smallest absolute Gasteiger partial charge is 0.339 e. The maximum atomic E-state index is 12.1. The number of thioether (sulfide) groups is 1. The predicted molar refractivity (Wildman–Crippen MR) is 104 cm³/mol. The van der Waals surface area contributed by atoms with Crippen LogP contribution in [0.25, 0.3) is 10.9 Å². The molecule has 2 N–H and O–H groups in total. The van der Waals surface area contributed by atoms with Crippen LogP contribution in [0.2, 0.25) is 0 Å². The molecule has 0 aliphatic heterocycles. The van der Waals surface area contributed by atoms with Gasteiger partial charge in [-0.1, -0.05) is 30.3 Å². The Morgan fingerprint density at radius 3 is 2.73 bits per heavy atom. The summed E-state index contributed by atoms with van der Waals surface area (Å²) in [6.07, 6.45) is 4.55. The number of hydrogen-bond donors (Lipinski definition) is 2. The Kier molecular flexibility index (Phi) is 5.96. The average Bonchev–Trinajstić information content (AvgIpc) is 3.09. The van der Waals surface area contributed by atoms with Crippen molar-refractivity contribution in [3.63, 3.8) is 0 Å². The Hall–Kier alpha value is -2.73. The largest absolute Gasteiger partial charge is 0.452 e. The highest BCUT2D eigenvalue weighted by Gasteiger charge is 2.13. The number of amides is 1. The lowest BCUT2D eigenvalue weighted by Gasteiger charge is -2.08. The molecule has 0 aliphatic carbocycles. The van der Waals surface area contributed by atoms with Gasteiger partial charge in [-0.25, -0.2) is 4.79 Å². The second-order valence-corrected chi connectivity index (χ2v) is 6.58. The number of fused-ring (bicyclic) bond motifs is 1. The zero-order chi connectivity index (χ0) is 18.4. The van der Waals surface area contributed by atoms with Crippen LogP contribution in [0, 0.1) is 0 Å². The van der Waals surface area contributed by atoms with Gasteiger partial charge in [0.05, 0.1) is 5.56 Å². The summed E-state index contributed by atoms with van der Waals surface area (Å²) in [7, 11) is 0. The average molecular weight is 368 g/mol. The number of aromatic nitrogens is 1. The first-order chi connectivity index (χ1) is 12.7. The second-order valence-electron chi connectivity index (χ2n) is 5.74. The standard InChI is InChI=1S/C20H20N2O3S/c1-26-18-9-5-3-7-16(18)20(24)25-13-19(23)21-11-10-14-12-22-17-8-4-2-6-15(14)17/h2-9,12,22H,10-11,13H2,1H3,(H,21,23). The molecule has 3 rings (SSSR count). The molecular weight excluding hydrogens is 348 g/mol. The number of aromatic amines is 1. The van der Waals surface area contributed by atoms with Gasteiger partial charge in [0.25, 0.3) is 5.91 Å². The van der Waals surface area contributed by atoms with Crippen LogP contribution >= 0.6 is 11.8 Å². The molecule has 0 saturated heterocycles. The lowest BCUT2D eigenvalue weighted by Crippen LogP contribution is -2.30. The summed E-state index contributed by atoms with van der Waals surface area (Å²) in [4.78, 5) is 28.1. The van der Waals surface area contributed by atoms with E-state index in [4.69, 9.17) is 4.74 Å². The van der Waals surface area contributed by atoms with Crippen LogP contribution in [-0.2, 0) is 16.0 Å². The third kappa shape index (κ3) is 4.26. The quantitative estimate of drug-likeness (QED) is 0.495. The normalized spacial score (nSPS) is 10.7. The van der Waals surface area contributed by atoms with Gasteiger partial charge in [-0.05, 0) is 36.4 Å². The van der Waals surface area contributed by atoms with Crippen LogP contribution in [0.1, 0.15) is 15.9 Å². The highest BCUT2D eigenvalue weighted by molar-refractivity contribution is 7.98.